The molecule has 1 saturated heterocycles. The molecule has 1 saturated carbocycles. The van der Waals surface area contributed by atoms with E-state index in [1.807, 2.05) is 0 Å². The van der Waals surface area contributed by atoms with E-state index in [4.69, 9.17) is 0 Å². The Morgan fingerprint density at radius 2 is 1.86 bits per heavy atom. The number of hydrogen-bond donors (Lipinski definition) is 0. The van der Waals surface area contributed by atoms with Gasteiger partial charge in [0.25, 0.3) is 5.92 Å². The number of likely N-dealkylation sites (tertiary alicyclic amines) is 1. The fraction of sp³-hybridized carbons (Fsp3) is 1.00. The molecular formula is C11H19F2N. The maximum Gasteiger partial charge on any atom is 0.252 e. The number of hydrogen-bond acceptors (Lipinski definition) is 1. The lowest BCUT2D eigenvalue weighted by atomic mass is 9.99. The van der Waals surface area contributed by atoms with Crippen molar-refractivity contribution in [3.05, 3.63) is 0 Å². The fourth-order valence-corrected chi connectivity index (χ4v) is 2.75. The Bertz CT molecular complexity index is 232. The Kier molecular flexibility index (Phi) is 2.15. The summed E-state index contributed by atoms with van der Waals surface area (Å²) in [6.07, 6.45) is 0.824. The van der Waals surface area contributed by atoms with E-state index in [-0.39, 0.29) is 23.8 Å². The minimum absolute atomic E-state index is 0.0421. The summed E-state index contributed by atoms with van der Waals surface area (Å²) in [5.41, 5.74) is 0.0421. The van der Waals surface area contributed by atoms with Gasteiger partial charge in [0.15, 0.2) is 0 Å². The van der Waals surface area contributed by atoms with Crippen LogP contribution in [-0.4, -0.2) is 29.5 Å². The highest BCUT2D eigenvalue weighted by Crippen LogP contribution is 2.49. The Morgan fingerprint density at radius 3 is 2.36 bits per heavy atom. The average Bonchev–Trinajstić information content (AvgIpc) is 2.51. The van der Waals surface area contributed by atoms with E-state index < -0.39 is 5.92 Å². The van der Waals surface area contributed by atoms with Crippen molar-refractivity contribution in [3.63, 3.8) is 0 Å². The molecule has 3 heteroatoms. The molecule has 0 N–H and O–H groups in total. The van der Waals surface area contributed by atoms with Gasteiger partial charge in [-0.2, -0.15) is 0 Å². The van der Waals surface area contributed by atoms with Gasteiger partial charge in [-0.05, 0) is 33.1 Å². The van der Waals surface area contributed by atoms with Crippen molar-refractivity contribution < 1.29 is 8.78 Å². The summed E-state index contributed by atoms with van der Waals surface area (Å²) in [5, 5.41) is 0. The lowest BCUT2D eigenvalue weighted by molar-refractivity contribution is -0.0428. The van der Waals surface area contributed by atoms with E-state index in [2.05, 4.69) is 25.7 Å². The van der Waals surface area contributed by atoms with Crippen LogP contribution in [0.4, 0.5) is 8.78 Å². The van der Waals surface area contributed by atoms with Crippen molar-refractivity contribution in [1.29, 1.82) is 0 Å². The first-order valence-corrected chi connectivity index (χ1v) is 5.43. The molecule has 0 aromatic carbocycles. The van der Waals surface area contributed by atoms with Crippen molar-refractivity contribution >= 4 is 0 Å². The molecule has 1 aliphatic heterocycles. The second kappa shape index (κ2) is 2.91. The molecule has 0 spiro atoms. The molecule has 0 aromatic heterocycles. The van der Waals surface area contributed by atoms with Crippen molar-refractivity contribution in [2.45, 2.75) is 45.1 Å². The molecule has 1 aliphatic carbocycles. The third kappa shape index (κ3) is 1.56. The summed E-state index contributed by atoms with van der Waals surface area (Å²) >= 11 is 0. The van der Waals surface area contributed by atoms with E-state index in [0.29, 0.717) is 13.0 Å². The first kappa shape index (κ1) is 10.3. The standard InChI is InChI=1S/C11H19F2N/c1-10(2,3)14-6-8-4-5-11(12,13)9(8)7-14/h8-9H,4-7H2,1-3H3/t8-,9+/m1/s1. The summed E-state index contributed by atoms with van der Waals surface area (Å²) in [4.78, 5) is 2.20. The maximum absolute atomic E-state index is 13.4. The van der Waals surface area contributed by atoms with Gasteiger partial charge in [-0.3, -0.25) is 4.90 Å². The van der Waals surface area contributed by atoms with E-state index >= 15 is 0 Å². The second-order valence-electron chi connectivity index (χ2n) is 5.74. The first-order valence-electron chi connectivity index (χ1n) is 5.43. The molecule has 1 heterocycles. The number of halogens is 2. The molecule has 0 bridgehead atoms. The third-order valence-corrected chi connectivity index (χ3v) is 3.78. The van der Waals surface area contributed by atoms with Crippen LogP contribution in [0.3, 0.4) is 0 Å². The minimum atomic E-state index is -2.40. The largest absolute Gasteiger partial charge is 0.298 e. The Morgan fingerprint density at radius 1 is 1.21 bits per heavy atom. The Labute approximate surface area is 84.5 Å². The predicted octanol–water partition coefficient (Wildman–Crippen LogP) is 2.76. The highest BCUT2D eigenvalue weighted by Gasteiger charge is 2.54. The number of fused-ring (bicyclic) bond motifs is 1. The van der Waals surface area contributed by atoms with Crippen LogP contribution in [0, 0.1) is 11.8 Å². The molecule has 2 aliphatic rings. The zero-order valence-corrected chi connectivity index (χ0v) is 9.19. The summed E-state index contributed by atoms with van der Waals surface area (Å²) < 4.78 is 26.9. The van der Waals surface area contributed by atoms with Crippen molar-refractivity contribution in [3.8, 4) is 0 Å². The molecule has 0 radical (unpaired) electrons. The number of rotatable bonds is 0. The van der Waals surface area contributed by atoms with Gasteiger partial charge < -0.3 is 0 Å². The molecule has 0 unspecified atom stereocenters. The second-order valence-corrected chi connectivity index (χ2v) is 5.74. The highest BCUT2D eigenvalue weighted by molar-refractivity contribution is 5.00. The van der Waals surface area contributed by atoms with Crippen LogP contribution in [-0.2, 0) is 0 Å². The van der Waals surface area contributed by atoms with Crippen LogP contribution in [0.5, 0.6) is 0 Å². The predicted molar refractivity (Wildman–Crippen MR) is 52.5 cm³/mol. The van der Waals surface area contributed by atoms with Gasteiger partial charge in [-0.25, -0.2) is 8.78 Å². The van der Waals surface area contributed by atoms with Crippen LogP contribution in [0.15, 0.2) is 0 Å². The van der Waals surface area contributed by atoms with Gasteiger partial charge in [0.2, 0.25) is 0 Å². The van der Waals surface area contributed by atoms with Crippen LogP contribution in [0.1, 0.15) is 33.6 Å². The summed E-state index contributed by atoms with van der Waals surface area (Å²) in [6, 6.07) is 0. The maximum atomic E-state index is 13.4. The van der Waals surface area contributed by atoms with Gasteiger partial charge in [0.1, 0.15) is 0 Å². The first-order chi connectivity index (χ1) is 6.31. The zero-order chi connectivity index (χ0) is 10.6. The summed E-state index contributed by atoms with van der Waals surface area (Å²) in [6.45, 7) is 7.76. The van der Waals surface area contributed by atoms with Crippen molar-refractivity contribution in [1.82, 2.24) is 4.90 Å². The van der Waals surface area contributed by atoms with E-state index in [0.717, 1.165) is 6.54 Å². The van der Waals surface area contributed by atoms with Crippen molar-refractivity contribution in [2.75, 3.05) is 13.1 Å². The smallest absolute Gasteiger partial charge is 0.252 e. The summed E-state index contributed by atoms with van der Waals surface area (Å²) in [7, 11) is 0. The fourth-order valence-electron chi connectivity index (χ4n) is 2.75. The van der Waals surface area contributed by atoms with Gasteiger partial charge in [0.05, 0.1) is 0 Å². The minimum Gasteiger partial charge on any atom is -0.298 e. The number of nitrogens with zero attached hydrogens (tertiary/aromatic N) is 1. The van der Waals surface area contributed by atoms with Crippen LogP contribution in [0.2, 0.25) is 0 Å². The average molecular weight is 203 g/mol. The SMILES string of the molecule is CC(C)(C)N1C[C@H]2CCC(F)(F)[C@H]2C1. The van der Waals surface area contributed by atoms with Gasteiger partial charge in [0, 0.05) is 31.0 Å². The highest BCUT2D eigenvalue weighted by atomic mass is 19.3. The third-order valence-electron chi connectivity index (χ3n) is 3.78. The zero-order valence-electron chi connectivity index (χ0n) is 9.19. The van der Waals surface area contributed by atoms with Crippen LogP contribution in [0.25, 0.3) is 0 Å². The molecule has 82 valence electrons. The van der Waals surface area contributed by atoms with E-state index in [9.17, 15) is 8.78 Å². The van der Waals surface area contributed by atoms with E-state index in [1.165, 1.54) is 0 Å². The molecule has 2 rings (SSSR count). The Hall–Kier alpha value is -0.180. The molecule has 14 heavy (non-hydrogen) atoms. The summed E-state index contributed by atoms with van der Waals surface area (Å²) in [5.74, 6) is -2.53. The Balaban J connectivity index is 2.09. The van der Waals surface area contributed by atoms with Crippen LogP contribution >= 0.6 is 0 Å². The van der Waals surface area contributed by atoms with Gasteiger partial charge in [-0.1, -0.05) is 0 Å². The van der Waals surface area contributed by atoms with Gasteiger partial charge >= 0.3 is 0 Å². The normalized spacial score (nSPS) is 37.5. The lowest BCUT2D eigenvalue weighted by Gasteiger charge is -2.32. The quantitative estimate of drug-likeness (QED) is 0.585. The lowest BCUT2D eigenvalue weighted by Crippen LogP contribution is -2.41. The molecular weight excluding hydrogens is 184 g/mol. The van der Waals surface area contributed by atoms with E-state index in [1.54, 1.807) is 0 Å². The molecule has 0 aromatic rings. The van der Waals surface area contributed by atoms with Gasteiger partial charge in [-0.15, -0.1) is 0 Å². The molecule has 2 atom stereocenters. The van der Waals surface area contributed by atoms with Crippen molar-refractivity contribution in [2.24, 2.45) is 11.8 Å². The molecule has 2 fully saturated rings. The topological polar surface area (TPSA) is 3.24 Å². The number of alkyl halides is 2. The molecule has 0 amide bonds. The molecule has 1 nitrogen and oxygen atoms in total. The monoisotopic (exact) mass is 203 g/mol. The van der Waals surface area contributed by atoms with Crippen LogP contribution < -0.4 is 0 Å².